The van der Waals surface area contributed by atoms with Crippen LogP contribution < -0.4 is 10.5 Å². The first-order chi connectivity index (χ1) is 19.2. The van der Waals surface area contributed by atoms with Crippen LogP contribution in [0.15, 0.2) is 9.70 Å². The normalized spacial score (nSPS) is 17.2. The smallest absolute Gasteiger partial charge is 0.303 e. The summed E-state index contributed by atoms with van der Waals surface area (Å²) in [6.07, 6.45) is 12.1. The first kappa shape index (κ1) is 31.9. The zero-order valence-corrected chi connectivity index (χ0v) is 25.7. The molecule has 0 atom stereocenters. The largest absolute Gasteiger partial charge is 0.481 e. The first-order valence-electron chi connectivity index (χ1n) is 14.6. The summed E-state index contributed by atoms with van der Waals surface area (Å²) in [5, 5.41) is 18.5. The van der Waals surface area contributed by atoms with Crippen molar-refractivity contribution in [3.05, 3.63) is 31.9 Å². The van der Waals surface area contributed by atoms with Crippen molar-refractivity contribution >= 4 is 52.1 Å². The van der Waals surface area contributed by atoms with Crippen LogP contribution in [-0.4, -0.2) is 50.4 Å². The maximum atomic E-state index is 13.4. The number of amides is 1. The number of nitrogens with zero attached hydrogens (tertiary/aromatic N) is 4. The van der Waals surface area contributed by atoms with Crippen molar-refractivity contribution in [2.24, 2.45) is 5.92 Å². The summed E-state index contributed by atoms with van der Waals surface area (Å²) in [7, 11) is 0. The number of nitriles is 1. The fraction of sp³-hybridized carbons (Fsp3) is 0.633. The monoisotopic (exact) mass is 586 g/mol. The van der Waals surface area contributed by atoms with Gasteiger partial charge in [0.15, 0.2) is 0 Å². The van der Waals surface area contributed by atoms with Crippen LogP contribution in [0.25, 0.3) is 6.08 Å². The molecule has 1 amide bonds. The number of carbonyl (C=O) groups excluding carboxylic acids is 1. The molecule has 40 heavy (non-hydrogen) atoms. The SMILES string of the molecule is CCn1c(N2CCC(C)CC2)c(/C=C2\SC(=S)N(CCCCCCCCCCC(=O)O)C2=O)c(C)c(C#N)c1=O. The molecule has 218 valence electrons. The van der Waals surface area contributed by atoms with Crippen LogP contribution in [0.1, 0.15) is 101 Å². The van der Waals surface area contributed by atoms with Crippen molar-refractivity contribution in [3.63, 3.8) is 0 Å². The number of aromatic nitrogens is 1. The Hall–Kier alpha value is -2.64. The van der Waals surface area contributed by atoms with E-state index in [1.807, 2.05) is 13.0 Å². The van der Waals surface area contributed by atoms with E-state index in [9.17, 15) is 19.6 Å². The van der Waals surface area contributed by atoms with Crippen LogP contribution in [0.3, 0.4) is 0 Å². The molecule has 1 N–H and O–H groups in total. The van der Waals surface area contributed by atoms with Gasteiger partial charge in [-0.15, -0.1) is 0 Å². The minimum Gasteiger partial charge on any atom is -0.481 e. The van der Waals surface area contributed by atoms with E-state index < -0.39 is 5.97 Å². The second-order valence-electron chi connectivity index (χ2n) is 10.9. The Morgan fingerprint density at radius 2 is 1.70 bits per heavy atom. The van der Waals surface area contributed by atoms with E-state index in [1.54, 1.807) is 16.4 Å². The molecule has 8 nitrogen and oxygen atoms in total. The Morgan fingerprint density at radius 3 is 2.27 bits per heavy atom. The number of carboxylic acids is 1. The van der Waals surface area contributed by atoms with E-state index in [4.69, 9.17) is 17.3 Å². The second kappa shape index (κ2) is 15.4. The lowest BCUT2D eigenvalue weighted by Crippen LogP contribution is -2.39. The highest BCUT2D eigenvalue weighted by Gasteiger charge is 2.33. The molecule has 1 aromatic heterocycles. The average Bonchev–Trinajstić information content (AvgIpc) is 3.19. The van der Waals surface area contributed by atoms with E-state index in [1.165, 1.54) is 11.8 Å². The minimum absolute atomic E-state index is 0.112. The van der Waals surface area contributed by atoms with Crippen LogP contribution in [0.5, 0.6) is 0 Å². The molecule has 3 rings (SSSR count). The molecule has 0 unspecified atom stereocenters. The zero-order chi connectivity index (χ0) is 29.2. The lowest BCUT2D eigenvalue weighted by Gasteiger charge is -2.35. The molecule has 2 aliphatic rings. The van der Waals surface area contributed by atoms with E-state index in [0.717, 1.165) is 88.7 Å². The van der Waals surface area contributed by atoms with Crippen LogP contribution in [-0.2, 0) is 16.1 Å². The number of aliphatic carboxylic acids is 1. The molecule has 0 bridgehead atoms. The number of unbranched alkanes of at least 4 members (excludes halogenated alkanes) is 7. The number of pyridine rings is 1. The molecule has 1 aromatic rings. The molecular weight excluding hydrogens is 544 g/mol. The number of rotatable bonds is 14. The Kier molecular flexibility index (Phi) is 12.3. The summed E-state index contributed by atoms with van der Waals surface area (Å²) in [5.74, 6) is 0.582. The quantitative estimate of drug-likeness (QED) is 0.159. The fourth-order valence-corrected chi connectivity index (χ4v) is 6.72. The van der Waals surface area contributed by atoms with Crippen LogP contribution in [0.2, 0.25) is 0 Å². The number of piperidine rings is 1. The van der Waals surface area contributed by atoms with E-state index in [-0.39, 0.29) is 23.5 Å². The number of carbonyl (C=O) groups is 2. The highest BCUT2D eigenvalue weighted by molar-refractivity contribution is 8.26. The molecule has 10 heteroatoms. The average molecular weight is 587 g/mol. The summed E-state index contributed by atoms with van der Waals surface area (Å²) in [5.41, 5.74) is 1.22. The number of carboxylic acid groups (broad SMARTS) is 1. The fourth-order valence-electron chi connectivity index (χ4n) is 5.43. The van der Waals surface area contributed by atoms with Gasteiger partial charge in [0.25, 0.3) is 11.5 Å². The Balaban J connectivity index is 1.69. The van der Waals surface area contributed by atoms with Crippen LogP contribution >= 0.6 is 24.0 Å². The van der Waals surface area contributed by atoms with Gasteiger partial charge in [-0.1, -0.05) is 69.4 Å². The molecule has 0 radical (unpaired) electrons. The topological polar surface area (TPSA) is 107 Å². The van der Waals surface area contributed by atoms with E-state index in [2.05, 4.69) is 17.9 Å². The van der Waals surface area contributed by atoms with E-state index >= 15 is 0 Å². The summed E-state index contributed by atoms with van der Waals surface area (Å²) in [4.78, 5) is 41.6. The summed E-state index contributed by atoms with van der Waals surface area (Å²) in [6.45, 7) is 8.64. The molecule has 0 saturated carbocycles. The van der Waals surface area contributed by atoms with Crippen molar-refractivity contribution in [2.75, 3.05) is 24.5 Å². The van der Waals surface area contributed by atoms with Crippen molar-refractivity contribution < 1.29 is 14.7 Å². The highest BCUT2D eigenvalue weighted by Crippen LogP contribution is 2.37. The number of thioether (sulfide) groups is 1. The molecular formula is C30H42N4O4S2. The second-order valence-corrected chi connectivity index (χ2v) is 12.5. The summed E-state index contributed by atoms with van der Waals surface area (Å²) in [6, 6.07) is 2.10. The van der Waals surface area contributed by atoms with Gasteiger partial charge < -0.3 is 10.0 Å². The molecule has 0 aliphatic carbocycles. The number of hydrogen-bond acceptors (Lipinski definition) is 7. The third-order valence-corrected chi connectivity index (χ3v) is 9.29. The van der Waals surface area contributed by atoms with Crippen LogP contribution in [0.4, 0.5) is 5.82 Å². The van der Waals surface area contributed by atoms with Gasteiger partial charge in [-0.25, -0.2) is 0 Å². The molecule has 0 aromatic carbocycles. The molecule has 3 heterocycles. The van der Waals surface area contributed by atoms with E-state index in [0.29, 0.717) is 33.8 Å². The summed E-state index contributed by atoms with van der Waals surface area (Å²) >= 11 is 6.87. The maximum Gasteiger partial charge on any atom is 0.303 e. The van der Waals surface area contributed by atoms with Gasteiger partial charge >= 0.3 is 5.97 Å². The van der Waals surface area contributed by atoms with Gasteiger partial charge in [-0.05, 0) is 57.1 Å². The third-order valence-electron chi connectivity index (χ3n) is 7.92. The van der Waals surface area contributed by atoms with Gasteiger partial charge in [0, 0.05) is 38.2 Å². The number of anilines is 1. The van der Waals surface area contributed by atoms with Gasteiger partial charge in [0.05, 0.1) is 4.91 Å². The Morgan fingerprint density at radius 1 is 1.10 bits per heavy atom. The molecule has 0 spiro atoms. The van der Waals surface area contributed by atoms with Crippen molar-refractivity contribution in [1.29, 1.82) is 5.26 Å². The third kappa shape index (κ3) is 7.97. The lowest BCUT2D eigenvalue weighted by atomic mass is 9.97. The molecule has 2 saturated heterocycles. The van der Waals surface area contributed by atoms with Crippen molar-refractivity contribution in [3.8, 4) is 6.07 Å². The van der Waals surface area contributed by atoms with Gasteiger partial charge in [-0.2, -0.15) is 5.26 Å². The lowest BCUT2D eigenvalue weighted by molar-refractivity contribution is -0.137. The number of thiocarbonyl (C=S) groups is 1. The Labute approximate surface area is 247 Å². The Bertz CT molecular complexity index is 1230. The van der Waals surface area contributed by atoms with Gasteiger partial charge in [0.1, 0.15) is 21.8 Å². The molecule has 2 aliphatic heterocycles. The van der Waals surface area contributed by atoms with Crippen molar-refractivity contribution in [1.82, 2.24) is 9.47 Å². The van der Waals surface area contributed by atoms with Crippen molar-refractivity contribution in [2.45, 2.75) is 97.9 Å². The first-order valence-corrected chi connectivity index (χ1v) is 15.8. The van der Waals surface area contributed by atoms with Gasteiger partial charge in [-0.3, -0.25) is 23.9 Å². The zero-order valence-electron chi connectivity index (χ0n) is 24.0. The van der Waals surface area contributed by atoms with Gasteiger partial charge in [0.2, 0.25) is 0 Å². The standard InChI is InChI=1S/C30H42N4O4S2/c1-4-33-27(32-17-14-21(2)15-18-32)23(22(3)24(20-31)28(33)37)19-25-29(38)34(30(39)40-25)16-12-10-8-6-5-7-9-11-13-26(35)36/h19,21H,4-18H2,1-3H3,(H,35,36)/b25-19-. The molecule has 2 fully saturated rings. The predicted octanol–water partition coefficient (Wildman–Crippen LogP) is 6.08. The predicted molar refractivity (Wildman–Crippen MR) is 166 cm³/mol. The number of hydrogen-bond donors (Lipinski definition) is 1. The highest BCUT2D eigenvalue weighted by atomic mass is 32.2. The van der Waals surface area contributed by atoms with Crippen LogP contribution in [0, 0.1) is 24.2 Å². The summed E-state index contributed by atoms with van der Waals surface area (Å²) < 4.78 is 2.23. The maximum absolute atomic E-state index is 13.4. The minimum atomic E-state index is -0.727.